The summed E-state index contributed by atoms with van der Waals surface area (Å²) in [5, 5.41) is 10.6. The number of ether oxygens (including phenoxy) is 4. The fourth-order valence-electron chi connectivity index (χ4n) is 10.3. The molecular weight excluding hydrogens is 1160 g/mol. The molecule has 0 radical (unpaired) electrons. The molecule has 0 aromatic heterocycles. The van der Waals surface area contributed by atoms with Gasteiger partial charge in [0.2, 0.25) is 0 Å². The molecule has 0 aromatic rings. The van der Waals surface area contributed by atoms with Gasteiger partial charge < -0.3 is 33.8 Å². The molecule has 0 saturated carbocycles. The Morgan fingerprint density at radius 2 is 0.545 bits per heavy atom. The van der Waals surface area contributed by atoms with Crippen LogP contribution in [0, 0.1) is 23.7 Å². The maximum Gasteiger partial charge on any atom is 0.472 e. The van der Waals surface area contributed by atoms with Crippen LogP contribution in [-0.2, 0) is 65.4 Å². The van der Waals surface area contributed by atoms with Crippen LogP contribution < -0.4 is 0 Å². The first kappa shape index (κ1) is 86.1. The van der Waals surface area contributed by atoms with Gasteiger partial charge in [-0.15, -0.1) is 0 Å². The number of unbranched alkanes of at least 4 members (excludes halogenated alkanes) is 31. The molecule has 0 aromatic carbocycles. The van der Waals surface area contributed by atoms with Gasteiger partial charge >= 0.3 is 39.5 Å². The van der Waals surface area contributed by atoms with E-state index in [0.29, 0.717) is 37.5 Å². The standard InChI is InChI=1S/C69H134O17P2/c1-9-62(8)48-40-32-27-28-36-44-52-69(74)86-65(56-80-67(72)50-42-34-25-19-22-30-38-46-60(4)5)58-84-88(77,78)82-54-63(70)53-81-87(75,76)83-57-64(85-68(73)51-43-35-26-20-23-31-39-47-61(6)7)55-79-66(71)49-41-33-24-18-16-14-12-10-11-13-15-17-21-29-37-45-59(2)3/h59-65,70H,9-58H2,1-8H3,(H,75,76)(H,77,78)/t62?,63?,64-,65-/m1/s1. The fourth-order valence-corrected chi connectivity index (χ4v) is 11.9. The molecule has 17 nitrogen and oxygen atoms in total. The molecule has 0 fully saturated rings. The molecule has 19 heteroatoms. The summed E-state index contributed by atoms with van der Waals surface area (Å²) in [6.07, 6.45) is 40.6. The summed E-state index contributed by atoms with van der Waals surface area (Å²) >= 11 is 0. The van der Waals surface area contributed by atoms with Crippen LogP contribution in [0.15, 0.2) is 0 Å². The molecule has 0 spiro atoms. The zero-order valence-corrected chi connectivity index (χ0v) is 59.1. The second-order valence-corrected chi connectivity index (χ2v) is 29.5. The number of carbonyl (C=O) groups excluding carboxylic acids is 4. The van der Waals surface area contributed by atoms with Crippen molar-refractivity contribution < 1.29 is 80.2 Å². The van der Waals surface area contributed by atoms with E-state index in [4.69, 9.17) is 37.0 Å². The first-order chi connectivity index (χ1) is 42.1. The Labute approximate surface area is 537 Å². The van der Waals surface area contributed by atoms with Gasteiger partial charge in [0.15, 0.2) is 12.2 Å². The quantitative estimate of drug-likeness (QED) is 0.0222. The number of aliphatic hydroxyl groups is 1. The second-order valence-electron chi connectivity index (χ2n) is 26.6. The molecule has 0 aliphatic rings. The van der Waals surface area contributed by atoms with Gasteiger partial charge in [-0.3, -0.25) is 37.3 Å². The summed E-state index contributed by atoms with van der Waals surface area (Å²) in [5.41, 5.74) is 0. The lowest BCUT2D eigenvalue weighted by Gasteiger charge is -2.21. The summed E-state index contributed by atoms with van der Waals surface area (Å²) in [5.74, 6) is 0.790. The average molecular weight is 1300 g/mol. The van der Waals surface area contributed by atoms with Gasteiger partial charge in [0, 0.05) is 25.7 Å². The van der Waals surface area contributed by atoms with Crippen molar-refractivity contribution in [3.63, 3.8) is 0 Å². The molecule has 0 saturated heterocycles. The summed E-state index contributed by atoms with van der Waals surface area (Å²) in [4.78, 5) is 72.4. The van der Waals surface area contributed by atoms with E-state index in [2.05, 4.69) is 55.4 Å². The van der Waals surface area contributed by atoms with Crippen LogP contribution in [0.25, 0.3) is 0 Å². The topological polar surface area (TPSA) is 237 Å². The summed E-state index contributed by atoms with van der Waals surface area (Å²) in [7, 11) is -9.90. The lowest BCUT2D eigenvalue weighted by molar-refractivity contribution is -0.161. The van der Waals surface area contributed by atoms with Gasteiger partial charge in [0.1, 0.15) is 19.3 Å². The van der Waals surface area contributed by atoms with Gasteiger partial charge in [-0.2, -0.15) is 0 Å². The molecule has 6 atom stereocenters. The molecule has 88 heavy (non-hydrogen) atoms. The van der Waals surface area contributed by atoms with Crippen molar-refractivity contribution in [1.29, 1.82) is 0 Å². The Morgan fingerprint density at radius 1 is 0.318 bits per heavy atom. The van der Waals surface area contributed by atoms with Gasteiger partial charge in [0.25, 0.3) is 0 Å². The molecule has 0 bridgehead atoms. The molecule has 0 rings (SSSR count). The highest BCUT2D eigenvalue weighted by Crippen LogP contribution is 2.45. The highest BCUT2D eigenvalue weighted by atomic mass is 31.2. The third kappa shape index (κ3) is 61.6. The first-order valence-corrected chi connectivity index (χ1v) is 38.7. The number of rotatable bonds is 66. The van der Waals surface area contributed by atoms with E-state index in [0.717, 1.165) is 108 Å². The monoisotopic (exact) mass is 1300 g/mol. The number of hydrogen-bond acceptors (Lipinski definition) is 15. The molecule has 4 unspecified atom stereocenters. The van der Waals surface area contributed by atoms with Gasteiger partial charge in [-0.05, 0) is 49.4 Å². The number of esters is 4. The molecule has 522 valence electrons. The minimum Gasteiger partial charge on any atom is -0.462 e. The summed E-state index contributed by atoms with van der Waals surface area (Å²) in [6, 6.07) is 0. The first-order valence-electron chi connectivity index (χ1n) is 35.7. The predicted octanol–water partition coefficient (Wildman–Crippen LogP) is 19.3. The largest absolute Gasteiger partial charge is 0.472 e. The Kier molecular flexibility index (Phi) is 57.6. The van der Waals surface area contributed by atoms with Crippen molar-refractivity contribution in [3.05, 3.63) is 0 Å². The lowest BCUT2D eigenvalue weighted by atomic mass is 10.00. The van der Waals surface area contributed by atoms with Crippen LogP contribution in [0.3, 0.4) is 0 Å². The van der Waals surface area contributed by atoms with Crippen molar-refractivity contribution in [2.45, 2.75) is 356 Å². The van der Waals surface area contributed by atoms with E-state index in [1.807, 2.05) is 0 Å². The van der Waals surface area contributed by atoms with Crippen LogP contribution in [0.2, 0.25) is 0 Å². The maximum absolute atomic E-state index is 13.0. The third-order valence-electron chi connectivity index (χ3n) is 16.2. The minimum atomic E-state index is -4.95. The van der Waals surface area contributed by atoms with Crippen molar-refractivity contribution >= 4 is 39.5 Å². The van der Waals surface area contributed by atoms with Crippen LogP contribution in [0.5, 0.6) is 0 Å². The molecule has 0 aliphatic carbocycles. The van der Waals surface area contributed by atoms with Gasteiger partial charge in [-0.1, -0.05) is 287 Å². The van der Waals surface area contributed by atoms with Crippen molar-refractivity contribution in [2.75, 3.05) is 39.6 Å². The number of phosphoric ester groups is 2. The van der Waals surface area contributed by atoms with Crippen LogP contribution in [0.4, 0.5) is 0 Å². The fraction of sp³-hybridized carbons (Fsp3) is 0.942. The van der Waals surface area contributed by atoms with Crippen LogP contribution in [-0.4, -0.2) is 96.7 Å². The highest BCUT2D eigenvalue weighted by molar-refractivity contribution is 7.47. The van der Waals surface area contributed by atoms with Crippen LogP contribution >= 0.6 is 15.6 Å². The zero-order valence-electron chi connectivity index (χ0n) is 57.3. The highest BCUT2D eigenvalue weighted by Gasteiger charge is 2.30. The molecule has 0 aliphatic heterocycles. The van der Waals surface area contributed by atoms with E-state index < -0.39 is 97.5 Å². The number of phosphoric acid groups is 2. The van der Waals surface area contributed by atoms with E-state index >= 15 is 0 Å². The van der Waals surface area contributed by atoms with Crippen molar-refractivity contribution in [1.82, 2.24) is 0 Å². The van der Waals surface area contributed by atoms with Crippen molar-refractivity contribution in [3.8, 4) is 0 Å². The lowest BCUT2D eigenvalue weighted by Crippen LogP contribution is -2.30. The van der Waals surface area contributed by atoms with E-state index in [-0.39, 0.29) is 25.7 Å². The smallest absolute Gasteiger partial charge is 0.462 e. The van der Waals surface area contributed by atoms with Crippen molar-refractivity contribution in [2.24, 2.45) is 23.7 Å². The third-order valence-corrected chi connectivity index (χ3v) is 18.1. The average Bonchev–Trinajstić information content (AvgIpc) is 3.70. The van der Waals surface area contributed by atoms with E-state index in [9.17, 15) is 43.2 Å². The zero-order chi connectivity index (χ0) is 65.4. The Hall–Kier alpha value is -1.94. The summed E-state index contributed by atoms with van der Waals surface area (Å²) in [6.45, 7) is 14.0. The number of hydrogen-bond donors (Lipinski definition) is 3. The van der Waals surface area contributed by atoms with Gasteiger partial charge in [-0.25, -0.2) is 9.13 Å². The van der Waals surface area contributed by atoms with Crippen LogP contribution in [0.1, 0.15) is 338 Å². The Bertz CT molecular complexity index is 1750. The van der Waals surface area contributed by atoms with Gasteiger partial charge in [0.05, 0.1) is 26.4 Å². The molecule has 0 amide bonds. The predicted molar refractivity (Wildman–Crippen MR) is 354 cm³/mol. The van der Waals surface area contributed by atoms with E-state index in [1.165, 1.54) is 135 Å². The normalized spacial score (nSPS) is 14.6. The SMILES string of the molecule is CCC(C)CCCCCCCCC(=O)O[C@H](COC(=O)CCCCCCCCCC(C)C)COP(=O)(O)OCC(O)COP(=O)(O)OC[C@@H](COC(=O)CCCCCCCCCCCCCCCCCC(C)C)OC(=O)CCCCCCCCCC(C)C. The Morgan fingerprint density at radius 3 is 0.807 bits per heavy atom. The number of aliphatic hydroxyl groups excluding tert-OH is 1. The number of carbonyl (C=O) groups is 4. The van der Waals surface area contributed by atoms with E-state index in [1.54, 1.807) is 0 Å². The molecular formula is C69H134O17P2. The second kappa shape index (κ2) is 58.8. The maximum atomic E-state index is 13.0. The summed E-state index contributed by atoms with van der Waals surface area (Å²) < 4.78 is 68.1. The minimum absolute atomic E-state index is 0.102. The molecule has 0 heterocycles. The Balaban J connectivity index is 5.18. The molecule has 3 N–H and O–H groups in total.